The first-order valence-electron chi connectivity index (χ1n) is 3.13. The highest BCUT2D eigenvalue weighted by Crippen LogP contribution is 1.98. The minimum absolute atomic E-state index is 0.912. The third kappa shape index (κ3) is 1.22. The lowest BCUT2D eigenvalue weighted by Gasteiger charge is -1.89. The van der Waals surface area contributed by atoms with Crippen molar-refractivity contribution in [2.24, 2.45) is 4.90 Å². The van der Waals surface area contributed by atoms with Gasteiger partial charge in [0.2, 0.25) is 0 Å². The van der Waals surface area contributed by atoms with Crippen LogP contribution in [-0.4, -0.2) is 13.1 Å². The molecule has 0 fully saturated rings. The summed E-state index contributed by atoms with van der Waals surface area (Å²) in [7, 11) is 0.912. The Balaban J connectivity index is 2.34. The van der Waals surface area contributed by atoms with Gasteiger partial charge in [-0.1, -0.05) is 25.4 Å². The Bertz CT molecular complexity index is 126. The second kappa shape index (κ2) is 2.70. The van der Waals surface area contributed by atoms with Gasteiger partial charge >= 0.3 is 0 Å². The van der Waals surface area contributed by atoms with Gasteiger partial charge in [0.15, 0.2) is 0 Å². The van der Waals surface area contributed by atoms with Crippen LogP contribution in [0.4, 0.5) is 0 Å². The summed E-state index contributed by atoms with van der Waals surface area (Å²) >= 11 is 0. The Morgan fingerprint density at radius 1 is 1.75 bits per heavy atom. The largest absolute Gasteiger partial charge is 0.345 e. The van der Waals surface area contributed by atoms with Gasteiger partial charge in [-0.25, -0.2) is 0 Å². The van der Waals surface area contributed by atoms with Crippen molar-refractivity contribution in [1.82, 2.24) is 0 Å². The van der Waals surface area contributed by atoms with Crippen LogP contribution in [0.3, 0.4) is 0 Å². The lowest BCUT2D eigenvalue weighted by atomic mass is 10.00. The minimum Gasteiger partial charge on any atom is -0.345 e. The Morgan fingerprint density at radius 2 is 2.62 bits per heavy atom. The van der Waals surface area contributed by atoms with E-state index >= 15 is 0 Å². The van der Waals surface area contributed by atoms with Gasteiger partial charge in [0.05, 0.1) is 0 Å². The smallest absolute Gasteiger partial charge is 0.287 e. The summed E-state index contributed by atoms with van der Waals surface area (Å²) in [5.41, 5.74) is 1.27. The minimum atomic E-state index is 0.912. The zero-order valence-corrected chi connectivity index (χ0v) is 5.22. The van der Waals surface area contributed by atoms with Gasteiger partial charge in [-0.15, -0.1) is 0 Å². The first kappa shape index (κ1) is 5.61. The molecule has 42 valence electrons. The first-order chi connectivity index (χ1) is 3.93. The highest BCUT2D eigenvalue weighted by Gasteiger charge is 1.96. The molecular formula is C6H10BN. The zero-order chi connectivity index (χ0) is 5.82. The maximum atomic E-state index is 4.23. The van der Waals surface area contributed by atoms with Crippen molar-refractivity contribution >= 4 is 13.1 Å². The standard InChI is InChI=1S/C6H10BN/c1-2-3-6-4-5-7-8-6/h4-5,7H,2-3H2,1H3. The van der Waals surface area contributed by atoms with Crippen molar-refractivity contribution in [3.05, 3.63) is 12.1 Å². The Kier molecular flexibility index (Phi) is 1.89. The average Bonchev–Trinajstić information content (AvgIpc) is 2.19. The predicted molar refractivity (Wildman–Crippen MR) is 38.6 cm³/mol. The predicted octanol–water partition coefficient (Wildman–Crippen LogP) is 1.11. The molecule has 0 atom stereocenters. The molecule has 8 heavy (non-hydrogen) atoms. The zero-order valence-electron chi connectivity index (χ0n) is 5.22. The molecule has 1 heterocycles. The monoisotopic (exact) mass is 107 g/mol. The molecule has 0 spiro atoms. The van der Waals surface area contributed by atoms with Crippen molar-refractivity contribution in [2.45, 2.75) is 19.8 Å². The summed E-state index contributed by atoms with van der Waals surface area (Å²) in [4.78, 5) is 4.23. The van der Waals surface area contributed by atoms with Gasteiger partial charge < -0.3 is 4.90 Å². The van der Waals surface area contributed by atoms with E-state index in [0.717, 1.165) is 13.8 Å². The molecule has 1 aliphatic rings. The van der Waals surface area contributed by atoms with Crippen LogP contribution in [0.2, 0.25) is 0 Å². The number of hydrogen-bond acceptors (Lipinski definition) is 1. The molecule has 1 aliphatic heterocycles. The average molecular weight is 107 g/mol. The van der Waals surface area contributed by atoms with E-state index in [1.165, 1.54) is 12.1 Å². The fourth-order valence-corrected chi connectivity index (χ4v) is 0.830. The lowest BCUT2D eigenvalue weighted by molar-refractivity contribution is 0.999. The fourth-order valence-electron chi connectivity index (χ4n) is 0.830. The summed E-state index contributed by atoms with van der Waals surface area (Å²) in [6, 6.07) is 0. The maximum absolute atomic E-state index is 4.23. The molecule has 0 saturated heterocycles. The Labute approximate surface area is 50.8 Å². The highest BCUT2D eigenvalue weighted by atomic mass is 14.6. The second-order valence-corrected chi connectivity index (χ2v) is 1.98. The summed E-state index contributed by atoms with van der Waals surface area (Å²) in [6.45, 7) is 2.18. The quantitative estimate of drug-likeness (QED) is 0.468. The molecular weight excluding hydrogens is 96.9 g/mol. The van der Waals surface area contributed by atoms with Crippen LogP contribution in [0.1, 0.15) is 19.8 Å². The summed E-state index contributed by atoms with van der Waals surface area (Å²) in [5, 5.41) is 0. The third-order valence-corrected chi connectivity index (χ3v) is 1.22. The molecule has 0 bridgehead atoms. The van der Waals surface area contributed by atoms with Crippen molar-refractivity contribution in [3.8, 4) is 0 Å². The maximum Gasteiger partial charge on any atom is 0.287 e. The van der Waals surface area contributed by atoms with Crippen LogP contribution in [0.25, 0.3) is 0 Å². The number of allylic oxidation sites excluding steroid dienone is 1. The van der Waals surface area contributed by atoms with Crippen LogP contribution >= 0.6 is 0 Å². The van der Waals surface area contributed by atoms with Crippen LogP contribution < -0.4 is 0 Å². The molecule has 0 aromatic rings. The molecule has 1 rings (SSSR count). The van der Waals surface area contributed by atoms with Gasteiger partial charge in [0.25, 0.3) is 7.41 Å². The topological polar surface area (TPSA) is 12.4 Å². The SMILES string of the molecule is CCCC1=NBC=C1. The van der Waals surface area contributed by atoms with E-state index in [4.69, 9.17) is 0 Å². The van der Waals surface area contributed by atoms with Crippen molar-refractivity contribution in [3.63, 3.8) is 0 Å². The van der Waals surface area contributed by atoms with Crippen LogP contribution in [-0.2, 0) is 0 Å². The number of nitrogens with zero attached hydrogens (tertiary/aromatic N) is 1. The first-order valence-corrected chi connectivity index (χ1v) is 3.13. The summed E-state index contributed by atoms with van der Waals surface area (Å²) in [5.74, 6) is 2.10. The van der Waals surface area contributed by atoms with Crippen LogP contribution in [0.15, 0.2) is 17.0 Å². The van der Waals surface area contributed by atoms with Gasteiger partial charge in [-0.05, 0) is 6.42 Å². The van der Waals surface area contributed by atoms with E-state index in [2.05, 4.69) is 23.9 Å². The van der Waals surface area contributed by atoms with Crippen LogP contribution in [0.5, 0.6) is 0 Å². The second-order valence-electron chi connectivity index (χ2n) is 1.98. The molecule has 0 aromatic heterocycles. The van der Waals surface area contributed by atoms with Crippen molar-refractivity contribution in [1.29, 1.82) is 0 Å². The Morgan fingerprint density at radius 3 is 3.12 bits per heavy atom. The normalized spacial score (nSPS) is 15.9. The molecule has 0 amide bonds. The third-order valence-electron chi connectivity index (χ3n) is 1.22. The molecule has 0 saturated carbocycles. The fraction of sp³-hybridized carbons (Fsp3) is 0.500. The van der Waals surface area contributed by atoms with E-state index in [0.29, 0.717) is 0 Å². The summed E-state index contributed by atoms with van der Waals surface area (Å²) < 4.78 is 0. The molecule has 0 N–H and O–H groups in total. The van der Waals surface area contributed by atoms with Gasteiger partial charge in [-0.2, -0.15) is 0 Å². The molecule has 1 nitrogen and oxygen atoms in total. The molecule has 2 heteroatoms. The van der Waals surface area contributed by atoms with E-state index in [-0.39, 0.29) is 0 Å². The summed E-state index contributed by atoms with van der Waals surface area (Å²) in [6.07, 6.45) is 4.48. The van der Waals surface area contributed by atoms with Crippen LogP contribution in [0, 0.1) is 0 Å². The lowest BCUT2D eigenvalue weighted by Crippen LogP contribution is -1.87. The molecule has 0 aliphatic carbocycles. The van der Waals surface area contributed by atoms with Gasteiger partial charge in [0.1, 0.15) is 0 Å². The van der Waals surface area contributed by atoms with E-state index in [9.17, 15) is 0 Å². The van der Waals surface area contributed by atoms with Gasteiger partial charge in [0, 0.05) is 5.71 Å². The van der Waals surface area contributed by atoms with E-state index < -0.39 is 0 Å². The van der Waals surface area contributed by atoms with Crippen molar-refractivity contribution in [2.75, 3.05) is 0 Å². The van der Waals surface area contributed by atoms with E-state index in [1.54, 1.807) is 0 Å². The molecule has 0 unspecified atom stereocenters. The molecule has 0 aromatic carbocycles. The molecule has 0 radical (unpaired) electrons. The van der Waals surface area contributed by atoms with Crippen molar-refractivity contribution < 1.29 is 0 Å². The highest BCUT2D eigenvalue weighted by molar-refractivity contribution is 6.46. The number of hydrogen-bond donors (Lipinski definition) is 0. The Hall–Kier alpha value is -0.525. The van der Waals surface area contributed by atoms with E-state index in [1.807, 2.05) is 0 Å². The number of rotatable bonds is 2. The van der Waals surface area contributed by atoms with Gasteiger partial charge in [-0.3, -0.25) is 0 Å².